The Bertz CT molecular complexity index is 1830. The minimum atomic E-state index is -4.06. The molecule has 3 aromatic carbocycles. The summed E-state index contributed by atoms with van der Waals surface area (Å²) in [4.78, 5) is -0.0852. The predicted molar refractivity (Wildman–Crippen MR) is 318 cm³/mol. The first-order valence-electron chi connectivity index (χ1n) is 29.9. The van der Waals surface area contributed by atoms with Crippen LogP contribution in [0.15, 0.2) is 87.5 Å². The molecular formula is C62H109NO9S3. The van der Waals surface area contributed by atoms with Crippen molar-refractivity contribution in [1.82, 2.24) is 0 Å². The standard InChI is InChI=1S/3C18H30O3S.C8H19N/c3*1-2-3-4-5-6-7-8-9-10-11-12-17-13-15-18(16-14-17)22(19,20)21;1-2-3-4-5-6-7-8-9/h3*13-16H,2-12H2,1H3,(H,19,20,21);2-9H2,1H3. The van der Waals surface area contributed by atoms with Crippen LogP contribution in [0.5, 0.6) is 0 Å². The van der Waals surface area contributed by atoms with Crippen molar-refractivity contribution in [1.29, 1.82) is 0 Å². The van der Waals surface area contributed by atoms with E-state index in [0.717, 1.165) is 61.8 Å². The Morgan fingerprint density at radius 1 is 0.267 bits per heavy atom. The molecule has 0 aliphatic heterocycles. The lowest BCUT2D eigenvalue weighted by atomic mass is 10.0. The first-order chi connectivity index (χ1) is 36.0. The van der Waals surface area contributed by atoms with Crippen molar-refractivity contribution in [2.75, 3.05) is 6.54 Å². The number of aryl methyl sites for hydroxylation is 3. The Balaban J connectivity index is 0.00000101. The average molecular weight is 1110 g/mol. The van der Waals surface area contributed by atoms with Gasteiger partial charge in [0.2, 0.25) is 0 Å². The Kier molecular flexibility index (Phi) is 46.8. The monoisotopic (exact) mass is 1110 g/mol. The molecule has 0 spiro atoms. The predicted octanol–water partition coefficient (Wildman–Crippen LogP) is 18.5. The lowest BCUT2D eigenvalue weighted by molar-refractivity contribution is 0.481. The molecule has 0 heterocycles. The third-order valence-corrected chi connectivity index (χ3v) is 16.3. The molecule has 3 rings (SSSR count). The summed E-state index contributed by atoms with van der Waals surface area (Å²) in [7, 11) is -12.2. The number of hydrogen-bond donors (Lipinski definition) is 4. The van der Waals surface area contributed by atoms with Gasteiger partial charge < -0.3 is 5.73 Å². The SMILES string of the molecule is CCCCCCCCCCCCc1ccc(S(=O)(=O)O)cc1.CCCCCCCCCCCCc1ccc(S(=O)(=O)O)cc1.CCCCCCCCCCCCc1ccc(S(=O)(=O)O)cc1.CCCCCCCCN. The van der Waals surface area contributed by atoms with E-state index in [1.807, 2.05) is 0 Å². The van der Waals surface area contributed by atoms with Gasteiger partial charge in [-0.1, -0.05) is 270 Å². The second-order valence-electron chi connectivity index (χ2n) is 20.7. The van der Waals surface area contributed by atoms with E-state index in [-0.39, 0.29) is 14.7 Å². The van der Waals surface area contributed by atoms with Gasteiger partial charge in [0.25, 0.3) is 30.4 Å². The van der Waals surface area contributed by atoms with E-state index in [4.69, 9.17) is 19.4 Å². The van der Waals surface area contributed by atoms with E-state index in [2.05, 4.69) is 27.7 Å². The van der Waals surface area contributed by atoms with E-state index < -0.39 is 30.4 Å². The van der Waals surface area contributed by atoms with Crippen LogP contribution < -0.4 is 5.73 Å². The average Bonchev–Trinajstić information content (AvgIpc) is 3.38. The van der Waals surface area contributed by atoms with Crippen LogP contribution in [0.25, 0.3) is 0 Å². The van der Waals surface area contributed by atoms with Gasteiger partial charge in [-0.3, -0.25) is 13.7 Å². The molecule has 5 N–H and O–H groups in total. The highest BCUT2D eigenvalue weighted by atomic mass is 32.2. The van der Waals surface area contributed by atoms with Gasteiger partial charge in [-0.15, -0.1) is 0 Å². The van der Waals surface area contributed by atoms with Crippen LogP contribution in [0.2, 0.25) is 0 Å². The lowest BCUT2D eigenvalue weighted by Gasteiger charge is -2.04. The summed E-state index contributed by atoms with van der Waals surface area (Å²) in [6.07, 6.45) is 50.5. The summed E-state index contributed by atoms with van der Waals surface area (Å²) < 4.78 is 92.4. The van der Waals surface area contributed by atoms with Crippen LogP contribution in [0.3, 0.4) is 0 Å². The molecule has 0 amide bonds. The normalized spacial score (nSPS) is 11.5. The van der Waals surface area contributed by atoms with Crippen molar-refractivity contribution < 1.29 is 38.9 Å². The number of benzene rings is 3. The fourth-order valence-corrected chi connectivity index (χ4v) is 10.3. The summed E-state index contributed by atoms with van der Waals surface area (Å²) in [5.74, 6) is 0. The van der Waals surface area contributed by atoms with Gasteiger partial charge in [-0.05, 0) is 105 Å². The maximum absolute atomic E-state index is 10.9. The summed E-state index contributed by atoms with van der Waals surface area (Å²) in [6, 6.07) is 19.6. The Hall–Kier alpha value is -2.65. The minimum absolute atomic E-state index is 0.0284. The maximum atomic E-state index is 10.9. The summed E-state index contributed by atoms with van der Waals surface area (Å²) >= 11 is 0. The quantitative estimate of drug-likeness (QED) is 0.0314. The van der Waals surface area contributed by atoms with E-state index >= 15 is 0 Å². The highest BCUT2D eigenvalue weighted by Crippen LogP contribution is 2.18. The van der Waals surface area contributed by atoms with E-state index in [1.54, 1.807) is 36.4 Å². The van der Waals surface area contributed by atoms with Crippen LogP contribution in [0, 0.1) is 0 Å². The molecule has 434 valence electrons. The molecule has 0 bridgehead atoms. The number of unbranched alkanes of at least 4 members (excludes halogenated alkanes) is 32. The van der Waals surface area contributed by atoms with Gasteiger partial charge in [0.15, 0.2) is 0 Å². The molecule has 10 nitrogen and oxygen atoms in total. The van der Waals surface area contributed by atoms with E-state index in [9.17, 15) is 25.3 Å². The van der Waals surface area contributed by atoms with Crippen LogP contribution >= 0.6 is 0 Å². The highest BCUT2D eigenvalue weighted by molar-refractivity contribution is 7.86. The highest BCUT2D eigenvalue weighted by Gasteiger charge is 2.10. The molecule has 13 heteroatoms. The fraction of sp³-hybridized carbons (Fsp3) is 0.710. The van der Waals surface area contributed by atoms with Gasteiger partial charge in [0.05, 0.1) is 14.7 Å². The fourth-order valence-electron chi connectivity index (χ4n) is 8.86. The third kappa shape index (κ3) is 45.0. The van der Waals surface area contributed by atoms with Crippen molar-refractivity contribution >= 4 is 30.4 Å². The molecule has 0 aliphatic rings. The van der Waals surface area contributed by atoms with Gasteiger partial charge >= 0.3 is 0 Å². The van der Waals surface area contributed by atoms with Crippen molar-refractivity contribution in [3.8, 4) is 0 Å². The zero-order valence-electron chi connectivity index (χ0n) is 47.8. The van der Waals surface area contributed by atoms with Gasteiger partial charge in [-0.25, -0.2) is 0 Å². The maximum Gasteiger partial charge on any atom is 0.294 e. The lowest BCUT2D eigenvalue weighted by Crippen LogP contribution is -1.98. The molecule has 3 aromatic rings. The molecule has 75 heavy (non-hydrogen) atoms. The third-order valence-electron chi connectivity index (χ3n) is 13.7. The van der Waals surface area contributed by atoms with Crippen molar-refractivity contribution in [2.45, 2.75) is 293 Å². The molecule has 0 aliphatic carbocycles. The molecule has 0 fully saturated rings. The first-order valence-corrected chi connectivity index (χ1v) is 34.2. The van der Waals surface area contributed by atoms with Crippen LogP contribution in [0.4, 0.5) is 0 Å². The topological polar surface area (TPSA) is 189 Å². The second kappa shape index (κ2) is 48.5. The zero-order valence-corrected chi connectivity index (χ0v) is 50.3. The molecule has 0 saturated carbocycles. The van der Waals surface area contributed by atoms with Crippen molar-refractivity contribution in [2.24, 2.45) is 5.73 Å². The Morgan fingerprint density at radius 3 is 0.587 bits per heavy atom. The molecule has 0 atom stereocenters. The molecule has 0 saturated heterocycles. The second-order valence-corrected chi connectivity index (χ2v) is 25.0. The van der Waals surface area contributed by atoms with Crippen LogP contribution in [-0.2, 0) is 49.6 Å². The smallest absolute Gasteiger partial charge is 0.294 e. The van der Waals surface area contributed by atoms with Crippen molar-refractivity contribution in [3.63, 3.8) is 0 Å². The summed E-state index contributed by atoms with van der Waals surface area (Å²) in [6.45, 7) is 9.85. The van der Waals surface area contributed by atoms with Gasteiger partial charge in [0, 0.05) is 0 Å². The first kappa shape index (κ1) is 72.3. The number of nitrogens with two attached hydrogens (primary N) is 1. The Labute approximate surface area is 461 Å². The Morgan fingerprint density at radius 2 is 0.427 bits per heavy atom. The zero-order chi connectivity index (χ0) is 55.7. The van der Waals surface area contributed by atoms with Crippen LogP contribution in [-0.4, -0.2) is 45.5 Å². The van der Waals surface area contributed by atoms with Crippen molar-refractivity contribution in [3.05, 3.63) is 89.5 Å². The van der Waals surface area contributed by atoms with Crippen LogP contribution in [0.1, 0.15) is 276 Å². The molecule has 0 unspecified atom stereocenters. The van der Waals surface area contributed by atoms with Gasteiger partial charge in [0.1, 0.15) is 0 Å². The largest absolute Gasteiger partial charge is 0.330 e. The van der Waals surface area contributed by atoms with Gasteiger partial charge in [-0.2, -0.15) is 25.3 Å². The number of rotatable bonds is 42. The summed E-state index contributed by atoms with van der Waals surface area (Å²) in [5, 5.41) is 0. The number of hydrogen-bond acceptors (Lipinski definition) is 7. The minimum Gasteiger partial charge on any atom is -0.330 e. The summed E-state index contributed by atoms with van der Waals surface area (Å²) in [5.41, 5.74) is 8.74. The molecular weight excluding hydrogens is 999 g/mol. The molecule has 0 radical (unpaired) electrons. The molecule has 0 aromatic heterocycles. The van der Waals surface area contributed by atoms with E-state index in [0.29, 0.717) is 0 Å². The van der Waals surface area contributed by atoms with E-state index in [1.165, 1.54) is 248 Å².